The van der Waals surface area contributed by atoms with Gasteiger partial charge < -0.3 is 10.2 Å². The molecule has 0 heterocycles. The summed E-state index contributed by atoms with van der Waals surface area (Å²) in [5.74, 6) is -0.939. The van der Waals surface area contributed by atoms with Crippen molar-refractivity contribution in [2.45, 2.75) is 20.8 Å². The van der Waals surface area contributed by atoms with E-state index in [4.69, 9.17) is 0 Å². The van der Waals surface area contributed by atoms with Crippen molar-refractivity contribution >= 4 is 17.4 Å². The molecule has 4 nitrogen and oxygen atoms in total. The normalized spacial score (nSPS) is 12.2. The molecule has 0 saturated carbocycles. The van der Waals surface area contributed by atoms with Crippen molar-refractivity contribution in [3.63, 3.8) is 0 Å². The van der Waals surface area contributed by atoms with E-state index in [0.29, 0.717) is 6.54 Å². The van der Waals surface area contributed by atoms with Gasteiger partial charge in [0.2, 0.25) is 5.91 Å². The molecule has 0 spiro atoms. The summed E-state index contributed by atoms with van der Waals surface area (Å²) in [7, 11) is 0. The van der Waals surface area contributed by atoms with Crippen LogP contribution in [0.25, 0.3) is 0 Å². The first kappa shape index (κ1) is 15.4. The minimum absolute atomic E-state index is 0.0969. The van der Waals surface area contributed by atoms with E-state index >= 15 is 0 Å². The predicted octanol–water partition coefficient (Wildman–Crippen LogP) is 2.17. The highest BCUT2D eigenvalue weighted by atomic mass is 16.2. The number of para-hydroxylation sites is 1. The van der Waals surface area contributed by atoms with E-state index < -0.39 is 5.92 Å². The van der Waals surface area contributed by atoms with Crippen LogP contribution < -0.4 is 5.32 Å². The first-order valence-electron chi connectivity index (χ1n) is 6.67. The number of hydrogen-bond donors (Lipinski definition) is 1. The quantitative estimate of drug-likeness (QED) is 0.766. The third kappa shape index (κ3) is 4.83. The van der Waals surface area contributed by atoms with Gasteiger partial charge >= 0.3 is 0 Å². The maximum Gasteiger partial charge on any atom is 0.236 e. The molecule has 0 aromatic heterocycles. The Morgan fingerprint density at radius 1 is 1.16 bits per heavy atom. The van der Waals surface area contributed by atoms with Crippen molar-refractivity contribution in [2.24, 2.45) is 5.92 Å². The number of anilines is 1. The van der Waals surface area contributed by atoms with E-state index in [0.717, 1.165) is 18.8 Å². The van der Waals surface area contributed by atoms with Gasteiger partial charge in [-0.1, -0.05) is 32.0 Å². The number of hydrogen-bond acceptors (Lipinski definition) is 3. The summed E-state index contributed by atoms with van der Waals surface area (Å²) in [6.07, 6.45) is 0. The molecule has 0 aliphatic rings. The van der Waals surface area contributed by atoms with Crippen molar-refractivity contribution in [1.82, 2.24) is 4.90 Å². The molecule has 19 heavy (non-hydrogen) atoms. The van der Waals surface area contributed by atoms with E-state index in [9.17, 15) is 9.59 Å². The Labute approximate surface area is 114 Å². The minimum atomic E-state index is -0.611. The second-order valence-electron chi connectivity index (χ2n) is 4.50. The highest BCUT2D eigenvalue weighted by Crippen LogP contribution is 2.10. The molecule has 0 fully saturated rings. The predicted molar refractivity (Wildman–Crippen MR) is 77.0 cm³/mol. The van der Waals surface area contributed by atoms with Crippen LogP contribution in [-0.4, -0.2) is 36.2 Å². The Morgan fingerprint density at radius 2 is 1.74 bits per heavy atom. The second-order valence-corrected chi connectivity index (χ2v) is 4.50. The summed E-state index contributed by atoms with van der Waals surface area (Å²) in [4.78, 5) is 25.9. The van der Waals surface area contributed by atoms with E-state index in [2.05, 4.69) is 10.2 Å². The lowest BCUT2D eigenvalue weighted by molar-refractivity contribution is -0.130. The molecule has 1 rings (SSSR count). The molecule has 4 heteroatoms. The van der Waals surface area contributed by atoms with Crippen LogP contribution >= 0.6 is 0 Å². The smallest absolute Gasteiger partial charge is 0.236 e. The lowest BCUT2D eigenvalue weighted by atomic mass is 10.0. The number of Topliss-reactive ketones (excluding diaryl/α,β-unsaturated/α-hetero) is 1. The van der Waals surface area contributed by atoms with E-state index in [1.165, 1.54) is 6.92 Å². The highest BCUT2D eigenvalue weighted by Gasteiger charge is 2.25. The van der Waals surface area contributed by atoms with Gasteiger partial charge in [0.1, 0.15) is 11.7 Å². The van der Waals surface area contributed by atoms with E-state index in [-0.39, 0.29) is 11.7 Å². The Kier molecular flexibility index (Phi) is 6.22. The largest absolute Gasteiger partial charge is 0.325 e. The van der Waals surface area contributed by atoms with Gasteiger partial charge in [-0.2, -0.15) is 0 Å². The Bertz CT molecular complexity index is 413. The summed E-state index contributed by atoms with van der Waals surface area (Å²) in [6, 6.07) is 9.21. The van der Waals surface area contributed by atoms with Gasteiger partial charge in [0.15, 0.2) is 0 Å². The number of benzene rings is 1. The van der Waals surface area contributed by atoms with Crippen LogP contribution in [0.2, 0.25) is 0 Å². The Balaban J connectivity index is 2.71. The van der Waals surface area contributed by atoms with Gasteiger partial charge in [0.05, 0.1) is 0 Å². The number of nitrogens with one attached hydrogen (secondary N) is 1. The molecule has 0 saturated heterocycles. The maximum absolute atomic E-state index is 12.2. The van der Waals surface area contributed by atoms with Crippen molar-refractivity contribution in [1.29, 1.82) is 0 Å². The molecule has 1 amide bonds. The molecule has 0 bridgehead atoms. The third-order valence-electron chi connectivity index (χ3n) is 3.18. The number of rotatable bonds is 7. The fourth-order valence-corrected chi connectivity index (χ4v) is 1.89. The zero-order valence-corrected chi connectivity index (χ0v) is 11.8. The number of nitrogens with zero attached hydrogens (tertiary/aromatic N) is 1. The molecule has 0 aliphatic heterocycles. The summed E-state index contributed by atoms with van der Waals surface area (Å²) < 4.78 is 0. The van der Waals surface area contributed by atoms with Crippen LogP contribution in [0, 0.1) is 5.92 Å². The van der Waals surface area contributed by atoms with Crippen LogP contribution in [0.5, 0.6) is 0 Å². The SMILES string of the molecule is CCN(CC)C[C@@H](C(C)=O)C(=O)Nc1ccccc1. The van der Waals surface area contributed by atoms with Crippen molar-refractivity contribution < 1.29 is 9.59 Å². The molecule has 0 radical (unpaired) electrons. The van der Waals surface area contributed by atoms with Crippen LogP contribution in [0.1, 0.15) is 20.8 Å². The average Bonchev–Trinajstić information content (AvgIpc) is 2.40. The van der Waals surface area contributed by atoms with Gasteiger partial charge in [0, 0.05) is 12.2 Å². The molecular formula is C15H22N2O2. The third-order valence-corrected chi connectivity index (χ3v) is 3.18. The van der Waals surface area contributed by atoms with Crippen molar-refractivity contribution in [3.8, 4) is 0 Å². The molecule has 0 unspecified atom stereocenters. The number of carbonyl (C=O) groups is 2. The minimum Gasteiger partial charge on any atom is -0.325 e. The Hall–Kier alpha value is -1.68. The van der Waals surface area contributed by atoms with Crippen LogP contribution in [0.3, 0.4) is 0 Å². The molecule has 104 valence electrons. The lowest BCUT2D eigenvalue weighted by Gasteiger charge is -2.23. The zero-order chi connectivity index (χ0) is 14.3. The highest BCUT2D eigenvalue weighted by molar-refractivity contribution is 6.06. The molecular weight excluding hydrogens is 240 g/mol. The topological polar surface area (TPSA) is 49.4 Å². The standard InChI is InChI=1S/C15H22N2O2/c1-4-17(5-2)11-14(12(3)18)15(19)16-13-9-7-6-8-10-13/h6-10,14H,4-5,11H2,1-3H3,(H,16,19)/t14-/m0/s1. The van der Waals surface area contributed by atoms with E-state index in [1.54, 1.807) is 0 Å². The lowest BCUT2D eigenvalue weighted by Crippen LogP contribution is -2.39. The van der Waals surface area contributed by atoms with Crippen LogP contribution in [0.4, 0.5) is 5.69 Å². The first-order valence-corrected chi connectivity index (χ1v) is 6.67. The van der Waals surface area contributed by atoms with Gasteiger partial charge in [-0.05, 0) is 32.1 Å². The Morgan fingerprint density at radius 3 is 2.21 bits per heavy atom. The van der Waals surface area contributed by atoms with Gasteiger partial charge in [-0.15, -0.1) is 0 Å². The fraction of sp³-hybridized carbons (Fsp3) is 0.467. The number of carbonyl (C=O) groups excluding carboxylic acids is 2. The number of ketones is 1. The molecule has 0 aliphatic carbocycles. The van der Waals surface area contributed by atoms with Gasteiger partial charge in [-0.25, -0.2) is 0 Å². The van der Waals surface area contributed by atoms with Crippen molar-refractivity contribution in [2.75, 3.05) is 25.0 Å². The van der Waals surface area contributed by atoms with Gasteiger partial charge in [-0.3, -0.25) is 9.59 Å². The van der Waals surface area contributed by atoms with Crippen molar-refractivity contribution in [3.05, 3.63) is 30.3 Å². The second kappa shape index (κ2) is 7.69. The molecule has 1 aromatic rings. The molecule has 1 N–H and O–H groups in total. The van der Waals surface area contributed by atoms with Crippen LogP contribution in [0.15, 0.2) is 30.3 Å². The maximum atomic E-state index is 12.2. The fourth-order valence-electron chi connectivity index (χ4n) is 1.89. The summed E-state index contributed by atoms with van der Waals surface area (Å²) in [5.41, 5.74) is 0.721. The summed E-state index contributed by atoms with van der Waals surface area (Å²) >= 11 is 0. The van der Waals surface area contributed by atoms with Gasteiger partial charge in [0.25, 0.3) is 0 Å². The zero-order valence-electron chi connectivity index (χ0n) is 11.8. The summed E-state index contributed by atoms with van der Waals surface area (Å²) in [6.45, 7) is 7.66. The summed E-state index contributed by atoms with van der Waals surface area (Å²) in [5, 5.41) is 2.79. The number of amides is 1. The molecule has 1 atom stereocenters. The van der Waals surface area contributed by atoms with Crippen LogP contribution in [-0.2, 0) is 9.59 Å². The van der Waals surface area contributed by atoms with E-state index in [1.807, 2.05) is 44.2 Å². The first-order chi connectivity index (χ1) is 9.08. The molecule has 1 aromatic carbocycles. The average molecular weight is 262 g/mol. The monoisotopic (exact) mass is 262 g/mol.